The van der Waals surface area contributed by atoms with Crippen LogP contribution in [0.15, 0.2) is 194 Å². The van der Waals surface area contributed by atoms with Crippen molar-refractivity contribution in [1.29, 1.82) is 0 Å². The summed E-state index contributed by atoms with van der Waals surface area (Å²) >= 11 is 0. The molecular weight excluding hydrogens is 823 g/mol. The molecule has 2 atom stereocenters. The number of benzene rings is 8. The lowest BCUT2D eigenvalue weighted by Crippen LogP contribution is -2.30. The highest BCUT2D eigenvalue weighted by Crippen LogP contribution is 2.57. The molecule has 312 valence electrons. The molecule has 2 aliphatic heterocycles. The van der Waals surface area contributed by atoms with Gasteiger partial charge in [-0.15, -0.1) is 0 Å². The van der Waals surface area contributed by atoms with Crippen LogP contribution in [0.25, 0.3) is 22.3 Å². The Labute approximate surface area is 367 Å². The lowest BCUT2D eigenvalue weighted by molar-refractivity contribution is 0.465. The van der Waals surface area contributed by atoms with Gasteiger partial charge in [-0.1, -0.05) is 121 Å². The molecule has 0 fully saturated rings. The lowest BCUT2D eigenvalue weighted by Gasteiger charge is -2.34. The third-order valence-electron chi connectivity index (χ3n) is 11.8. The highest BCUT2D eigenvalue weighted by molar-refractivity contribution is 7.68. The van der Waals surface area contributed by atoms with Gasteiger partial charge in [0, 0.05) is 46.7 Å². The Balaban J connectivity index is 0.928. The van der Waals surface area contributed by atoms with E-state index in [9.17, 15) is 10.2 Å². The molecule has 2 N–H and O–H groups in total. The van der Waals surface area contributed by atoms with E-state index in [4.69, 9.17) is 9.05 Å². The number of hydrogen-bond donors (Lipinski definition) is 2. The van der Waals surface area contributed by atoms with Gasteiger partial charge in [0.25, 0.3) is 14.7 Å². The summed E-state index contributed by atoms with van der Waals surface area (Å²) in [6.07, 6.45) is 0.678. The number of hydrogen-bond acceptors (Lipinski definition) is 8. The minimum Gasteiger partial charge on any atom is -0.508 e. The van der Waals surface area contributed by atoms with Gasteiger partial charge in [0.1, 0.15) is 35.6 Å². The summed E-state index contributed by atoms with van der Waals surface area (Å²) in [4.78, 5) is 4.03. The Hall–Kier alpha value is -6.98. The second kappa shape index (κ2) is 16.7. The van der Waals surface area contributed by atoms with Crippen LogP contribution in [-0.4, -0.2) is 22.8 Å². The number of phenols is 2. The highest BCUT2D eigenvalue weighted by Gasteiger charge is 2.39. The quantitative estimate of drug-likeness (QED) is 0.117. The highest BCUT2D eigenvalue weighted by atomic mass is 31.2. The Morgan fingerprint density at radius 1 is 0.413 bits per heavy atom. The van der Waals surface area contributed by atoms with Crippen molar-refractivity contribution in [3.05, 3.63) is 216 Å². The fraction of sp³-hybridized carbons (Fsp3) is 0.0943. The Morgan fingerprint density at radius 3 is 1.21 bits per heavy atom. The van der Waals surface area contributed by atoms with Gasteiger partial charge in [-0.25, -0.2) is 0 Å². The van der Waals surface area contributed by atoms with Crippen molar-refractivity contribution < 1.29 is 28.4 Å². The van der Waals surface area contributed by atoms with Crippen molar-refractivity contribution in [3.63, 3.8) is 0 Å². The van der Waals surface area contributed by atoms with E-state index < -0.39 is 14.7 Å². The van der Waals surface area contributed by atoms with Crippen molar-refractivity contribution in [1.82, 2.24) is 0 Å². The van der Waals surface area contributed by atoms with Gasteiger partial charge in [-0.2, -0.15) is 0 Å². The average molecular weight is 867 g/mol. The average Bonchev–Trinajstić information content (AvgIpc) is 3.31. The number of fused-ring (bicyclic) bond motifs is 6. The number of para-hydroxylation sites is 4. The van der Waals surface area contributed by atoms with Crippen LogP contribution < -0.4 is 29.5 Å². The molecule has 0 saturated carbocycles. The smallest absolute Gasteiger partial charge is 0.296 e. The second-order valence-corrected chi connectivity index (χ2v) is 20.6. The van der Waals surface area contributed by atoms with Gasteiger partial charge < -0.3 is 29.1 Å². The summed E-state index contributed by atoms with van der Waals surface area (Å²) in [5.74, 6) is 1.43. The standard InChI is InChI=1S/C53H44N2O6P2/c56-48-29-27-38(32-40(48)34-54(42-15-3-1-4-16-42)36-62(58)52-25-13-9-21-46(52)44-19-7-11-23-50(44)60-62)31-39-28-30-49(57)41(33-39)35-55(43-17-5-2-6-18-43)37-63(59)53-26-14-10-22-47(53)45-20-8-12-24-51(45)61-63/h1-30,32-33,56-57H,31,34-37H2. The van der Waals surface area contributed by atoms with E-state index in [1.165, 1.54) is 0 Å². The molecule has 8 aromatic rings. The molecule has 2 unspecified atom stereocenters. The van der Waals surface area contributed by atoms with Crippen LogP contribution in [0.3, 0.4) is 0 Å². The monoisotopic (exact) mass is 866 g/mol. The first kappa shape index (κ1) is 40.1. The van der Waals surface area contributed by atoms with Crippen LogP contribution in [0.5, 0.6) is 23.0 Å². The summed E-state index contributed by atoms with van der Waals surface area (Å²) in [5, 5.41) is 24.0. The second-order valence-electron chi connectivity index (χ2n) is 16.0. The summed E-state index contributed by atoms with van der Waals surface area (Å²) in [7, 11) is -6.95. The largest absolute Gasteiger partial charge is 0.508 e. The van der Waals surface area contributed by atoms with E-state index in [0.29, 0.717) is 39.7 Å². The Morgan fingerprint density at radius 2 is 0.778 bits per heavy atom. The van der Waals surface area contributed by atoms with Gasteiger partial charge in [-0.05, 0) is 101 Å². The van der Waals surface area contributed by atoms with Gasteiger partial charge >= 0.3 is 0 Å². The predicted octanol–water partition coefficient (Wildman–Crippen LogP) is 11.9. The van der Waals surface area contributed by atoms with Crippen molar-refractivity contribution >= 4 is 36.7 Å². The Kier molecular flexibility index (Phi) is 10.6. The first-order chi connectivity index (χ1) is 30.7. The van der Waals surface area contributed by atoms with E-state index in [1.807, 2.05) is 192 Å². The molecule has 8 aromatic carbocycles. The molecule has 2 heterocycles. The molecule has 0 bridgehead atoms. The number of aromatic hydroxyl groups is 2. The normalized spacial score (nSPS) is 16.9. The van der Waals surface area contributed by atoms with Crippen LogP contribution in [0.2, 0.25) is 0 Å². The molecule has 0 amide bonds. The number of rotatable bonds is 12. The fourth-order valence-corrected chi connectivity index (χ4v) is 13.5. The maximum absolute atomic E-state index is 15.1. The van der Waals surface area contributed by atoms with Crippen LogP contribution in [0.1, 0.15) is 22.3 Å². The summed E-state index contributed by atoms with van der Waals surface area (Å²) in [6.45, 7) is 0.535. The first-order valence-electron chi connectivity index (χ1n) is 20.9. The molecule has 10 rings (SSSR count). The summed E-state index contributed by atoms with van der Waals surface area (Å²) in [6, 6.07) is 61.6. The van der Waals surface area contributed by atoms with Crippen molar-refractivity contribution in [2.75, 3.05) is 22.4 Å². The van der Waals surface area contributed by atoms with Gasteiger partial charge in [0.15, 0.2) is 0 Å². The third kappa shape index (κ3) is 8.00. The van der Waals surface area contributed by atoms with Crippen LogP contribution in [-0.2, 0) is 28.6 Å². The van der Waals surface area contributed by atoms with Crippen LogP contribution in [0.4, 0.5) is 11.4 Å². The number of phenolic OH excluding ortho intramolecular Hbond substituents is 2. The topological polar surface area (TPSA) is 99.5 Å². The molecule has 2 aliphatic rings. The van der Waals surface area contributed by atoms with Gasteiger partial charge in [0.2, 0.25) is 0 Å². The zero-order valence-corrected chi connectivity index (χ0v) is 36.1. The zero-order chi connectivity index (χ0) is 43.0. The van der Waals surface area contributed by atoms with E-state index in [2.05, 4.69) is 0 Å². The SMILES string of the molecule is O=P1(CN(Cc2cc(Cc3ccc(O)c(CN(CP4(=O)Oc5ccccc5-c5ccccc54)c4ccccc4)c3)ccc2O)c2ccccc2)Oc2ccccc2-c2ccccc21. The molecule has 0 aromatic heterocycles. The predicted molar refractivity (Wildman–Crippen MR) is 253 cm³/mol. The van der Waals surface area contributed by atoms with Crippen LogP contribution >= 0.6 is 14.7 Å². The van der Waals surface area contributed by atoms with E-state index in [0.717, 1.165) is 44.8 Å². The van der Waals surface area contributed by atoms with Crippen molar-refractivity contribution in [2.24, 2.45) is 0 Å². The van der Waals surface area contributed by atoms with E-state index in [-0.39, 0.29) is 37.2 Å². The molecule has 0 radical (unpaired) electrons. The minimum atomic E-state index is -3.48. The molecule has 0 aliphatic carbocycles. The Bertz CT molecular complexity index is 2860. The van der Waals surface area contributed by atoms with Crippen LogP contribution in [0, 0.1) is 0 Å². The zero-order valence-electron chi connectivity index (χ0n) is 34.3. The lowest BCUT2D eigenvalue weighted by atomic mass is 9.99. The third-order valence-corrected chi connectivity index (χ3v) is 16.4. The molecule has 0 saturated heterocycles. The number of anilines is 2. The van der Waals surface area contributed by atoms with Gasteiger partial charge in [0.05, 0.1) is 10.6 Å². The minimum absolute atomic E-state index is 0.0847. The van der Waals surface area contributed by atoms with Gasteiger partial charge in [-0.3, -0.25) is 9.13 Å². The molecule has 63 heavy (non-hydrogen) atoms. The molecular formula is C53H44N2O6P2. The van der Waals surface area contributed by atoms with Crippen molar-refractivity contribution in [3.8, 4) is 45.3 Å². The maximum Gasteiger partial charge on any atom is 0.296 e. The fourth-order valence-electron chi connectivity index (χ4n) is 8.73. The molecule has 8 nitrogen and oxygen atoms in total. The summed E-state index contributed by atoms with van der Waals surface area (Å²) in [5.41, 5.74) is 8.53. The maximum atomic E-state index is 15.1. The number of nitrogens with zero attached hydrogens (tertiary/aromatic N) is 2. The summed E-state index contributed by atoms with van der Waals surface area (Å²) < 4.78 is 43.0. The molecule has 0 spiro atoms. The van der Waals surface area contributed by atoms with E-state index in [1.54, 1.807) is 12.1 Å². The van der Waals surface area contributed by atoms with E-state index >= 15 is 9.13 Å². The first-order valence-corrected chi connectivity index (χ1v) is 24.5. The van der Waals surface area contributed by atoms with Crippen molar-refractivity contribution in [2.45, 2.75) is 19.5 Å². The molecule has 10 heteroatoms.